The van der Waals surface area contributed by atoms with Crippen molar-refractivity contribution in [2.75, 3.05) is 0 Å². The molecule has 0 radical (unpaired) electrons. The minimum atomic E-state index is -0.103. The van der Waals surface area contributed by atoms with E-state index in [1.54, 1.807) is 24.3 Å². The van der Waals surface area contributed by atoms with Gasteiger partial charge in [-0.1, -0.05) is 127 Å². The minimum Gasteiger partial charge on any atom is -0.289 e. The van der Waals surface area contributed by atoms with Gasteiger partial charge < -0.3 is 0 Å². The third kappa shape index (κ3) is 4.48. The lowest BCUT2D eigenvalue weighted by atomic mass is 9.95. The van der Waals surface area contributed by atoms with Gasteiger partial charge in [0.1, 0.15) is 0 Å². The summed E-state index contributed by atoms with van der Waals surface area (Å²) in [6, 6.07) is 42.2. The third-order valence-electron chi connectivity index (χ3n) is 5.90. The molecule has 162 valence electrons. The number of hydrogen-bond donors (Lipinski definition) is 0. The summed E-state index contributed by atoms with van der Waals surface area (Å²) in [4.78, 5) is 26.2. The SMILES string of the molecule is O=C(c1ccc(-c2ccccc2)cc1)c1cccc(C(=O)c2ccc(-c3ccccc3)cc2)c1. The predicted octanol–water partition coefficient (Wildman–Crippen LogP) is 7.48. The molecule has 0 fully saturated rings. The number of benzene rings is 5. The van der Waals surface area contributed by atoms with Gasteiger partial charge in [-0.15, -0.1) is 0 Å². The van der Waals surface area contributed by atoms with Crippen LogP contribution < -0.4 is 0 Å². The van der Waals surface area contributed by atoms with Crippen LogP contribution in [0, 0.1) is 0 Å². The molecule has 0 bridgehead atoms. The van der Waals surface area contributed by atoms with Crippen molar-refractivity contribution in [3.8, 4) is 22.3 Å². The van der Waals surface area contributed by atoms with Crippen molar-refractivity contribution in [3.63, 3.8) is 0 Å². The molecule has 0 aliphatic carbocycles. The molecule has 2 nitrogen and oxygen atoms in total. The van der Waals surface area contributed by atoms with Gasteiger partial charge in [0.15, 0.2) is 11.6 Å². The summed E-state index contributed by atoms with van der Waals surface area (Å²) in [5.41, 5.74) is 6.51. The molecule has 0 aromatic heterocycles. The summed E-state index contributed by atoms with van der Waals surface area (Å²) in [5, 5.41) is 0. The normalized spacial score (nSPS) is 10.6. The van der Waals surface area contributed by atoms with Gasteiger partial charge in [0.25, 0.3) is 0 Å². The van der Waals surface area contributed by atoms with Crippen LogP contribution in [0.15, 0.2) is 133 Å². The molecular weight excluding hydrogens is 416 g/mol. The van der Waals surface area contributed by atoms with Crippen molar-refractivity contribution in [2.45, 2.75) is 0 Å². The van der Waals surface area contributed by atoms with Gasteiger partial charge in [-0.25, -0.2) is 0 Å². The third-order valence-corrected chi connectivity index (χ3v) is 5.90. The van der Waals surface area contributed by atoms with Crippen molar-refractivity contribution >= 4 is 11.6 Å². The van der Waals surface area contributed by atoms with E-state index in [1.807, 2.05) is 109 Å². The van der Waals surface area contributed by atoms with Crippen LogP contribution in [0.1, 0.15) is 31.8 Å². The van der Waals surface area contributed by atoms with Crippen LogP contribution >= 0.6 is 0 Å². The molecule has 5 aromatic carbocycles. The number of carbonyl (C=O) groups is 2. The molecular formula is C32H22O2. The summed E-state index contributed by atoms with van der Waals surface area (Å²) in [6.07, 6.45) is 0. The highest BCUT2D eigenvalue weighted by atomic mass is 16.1. The van der Waals surface area contributed by atoms with E-state index in [1.165, 1.54) is 0 Å². The summed E-state index contributed by atoms with van der Waals surface area (Å²) >= 11 is 0. The first-order valence-electron chi connectivity index (χ1n) is 11.2. The lowest BCUT2D eigenvalue weighted by Crippen LogP contribution is -2.06. The van der Waals surface area contributed by atoms with Gasteiger partial charge in [-0.3, -0.25) is 9.59 Å². The van der Waals surface area contributed by atoms with Crippen LogP contribution in [0.2, 0.25) is 0 Å². The molecule has 0 N–H and O–H groups in total. The molecule has 0 saturated heterocycles. The van der Waals surface area contributed by atoms with Gasteiger partial charge >= 0.3 is 0 Å². The maximum absolute atomic E-state index is 13.1. The molecule has 0 saturated carbocycles. The van der Waals surface area contributed by atoms with Crippen LogP contribution in [0.3, 0.4) is 0 Å². The second kappa shape index (κ2) is 9.51. The second-order valence-corrected chi connectivity index (χ2v) is 8.13. The summed E-state index contributed by atoms with van der Waals surface area (Å²) in [5.74, 6) is -0.206. The Morgan fingerprint density at radius 1 is 0.324 bits per heavy atom. The predicted molar refractivity (Wildman–Crippen MR) is 137 cm³/mol. The fourth-order valence-electron chi connectivity index (χ4n) is 4.02. The number of carbonyl (C=O) groups excluding carboxylic acids is 2. The molecule has 0 amide bonds. The second-order valence-electron chi connectivity index (χ2n) is 8.13. The van der Waals surface area contributed by atoms with Crippen LogP contribution in [-0.2, 0) is 0 Å². The monoisotopic (exact) mass is 438 g/mol. The molecule has 0 spiro atoms. The molecule has 0 aliphatic heterocycles. The summed E-state index contributed by atoms with van der Waals surface area (Å²) < 4.78 is 0. The molecule has 2 heteroatoms. The largest absolute Gasteiger partial charge is 0.289 e. The van der Waals surface area contributed by atoms with Gasteiger partial charge in [-0.2, -0.15) is 0 Å². The zero-order valence-electron chi connectivity index (χ0n) is 18.5. The van der Waals surface area contributed by atoms with Crippen molar-refractivity contribution in [2.24, 2.45) is 0 Å². The molecule has 0 aliphatic rings. The zero-order valence-corrected chi connectivity index (χ0v) is 18.5. The van der Waals surface area contributed by atoms with E-state index in [-0.39, 0.29) is 11.6 Å². The Morgan fingerprint density at radius 3 is 1.06 bits per heavy atom. The number of rotatable bonds is 6. The molecule has 5 aromatic rings. The van der Waals surface area contributed by atoms with E-state index in [0.717, 1.165) is 22.3 Å². The van der Waals surface area contributed by atoms with E-state index in [4.69, 9.17) is 0 Å². The lowest BCUT2D eigenvalue weighted by molar-refractivity contribution is 0.103. The molecule has 0 unspecified atom stereocenters. The van der Waals surface area contributed by atoms with Crippen molar-refractivity contribution < 1.29 is 9.59 Å². The van der Waals surface area contributed by atoms with E-state index < -0.39 is 0 Å². The lowest BCUT2D eigenvalue weighted by Gasteiger charge is -2.07. The molecule has 34 heavy (non-hydrogen) atoms. The van der Waals surface area contributed by atoms with Crippen molar-refractivity contribution in [3.05, 3.63) is 156 Å². The van der Waals surface area contributed by atoms with Gasteiger partial charge in [-0.05, 0) is 28.3 Å². The average Bonchev–Trinajstić information content (AvgIpc) is 2.93. The van der Waals surface area contributed by atoms with E-state index >= 15 is 0 Å². The molecule has 5 rings (SSSR count). The highest BCUT2D eigenvalue weighted by Crippen LogP contribution is 2.23. The fourth-order valence-corrected chi connectivity index (χ4v) is 4.02. The Balaban J connectivity index is 1.36. The van der Waals surface area contributed by atoms with Crippen LogP contribution in [0.4, 0.5) is 0 Å². The average molecular weight is 439 g/mol. The smallest absolute Gasteiger partial charge is 0.193 e. The van der Waals surface area contributed by atoms with Crippen molar-refractivity contribution in [1.82, 2.24) is 0 Å². The Morgan fingerprint density at radius 2 is 0.676 bits per heavy atom. The first kappa shape index (κ1) is 21.3. The van der Waals surface area contributed by atoms with Gasteiger partial charge in [0.2, 0.25) is 0 Å². The fraction of sp³-hybridized carbons (Fsp3) is 0. The molecule has 0 atom stereocenters. The maximum Gasteiger partial charge on any atom is 0.193 e. The quantitative estimate of drug-likeness (QED) is 0.258. The number of hydrogen-bond acceptors (Lipinski definition) is 2. The maximum atomic E-state index is 13.1. The zero-order chi connectivity index (χ0) is 23.3. The van der Waals surface area contributed by atoms with Crippen LogP contribution in [0.5, 0.6) is 0 Å². The van der Waals surface area contributed by atoms with E-state index in [9.17, 15) is 9.59 Å². The summed E-state index contributed by atoms with van der Waals surface area (Å²) in [6.45, 7) is 0. The van der Waals surface area contributed by atoms with Crippen LogP contribution in [0.25, 0.3) is 22.3 Å². The minimum absolute atomic E-state index is 0.103. The first-order valence-corrected chi connectivity index (χ1v) is 11.2. The molecule has 0 heterocycles. The van der Waals surface area contributed by atoms with Gasteiger partial charge in [0.05, 0.1) is 0 Å². The van der Waals surface area contributed by atoms with Crippen LogP contribution in [-0.4, -0.2) is 11.6 Å². The van der Waals surface area contributed by atoms with Crippen molar-refractivity contribution in [1.29, 1.82) is 0 Å². The number of ketones is 2. The Hall–Kier alpha value is -4.56. The first-order chi connectivity index (χ1) is 16.7. The Bertz CT molecular complexity index is 1320. The van der Waals surface area contributed by atoms with Gasteiger partial charge in [0, 0.05) is 22.3 Å². The summed E-state index contributed by atoms with van der Waals surface area (Å²) in [7, 11) is 0. The standard InChI is InChI=1S/C32H22O2/c33-31(27-18-14-25(15-19-27)23-8-3-1-4-9-23)29-12-7-13-30(22-29)32(34)28-20-16-26(17-21-28)24-10-5-2-6-11-24/h1-22H. The highest BCUT2D eigenvalue weighted by Gasteiger charge is 2.14. The highest BCUT2D eigenvalue weighted by molar-refractivity contribution is 6.13. The van der Waals surface area contributed by atoms with E-state index in [0.29, 0.717) is 22.3 Å². The topological polar surface area (TPSA) is 34.1 Å². The Kier molecular flexibility index (Phi) is 5.96. The van der Waals surface area contributed by atoms with E-state index in [2.05, 4.69) is 0 Å². The Labute approximate surface area is 199 Å².